The first-order valence-electron chi connectivity index (χ1n) is 7.29. The second-order valence-electron chi connectivity index (χ2n) is 5.35. The molecule has 3 N–H and O–H groups in total. The Labute approximate surface area is 137 Å². The third-order valence-corrected chi connectivity index (χ3v) is 3.75. The molecule has 24 heavy (non-hydrogen) atoms. The summed E-state index contributed by atoms with van der Waals surface area (Å²) in [7, 11) is 0. The van der Waals surface area contributed by atoms with Gasteiger partial charge in [0.2, 0.25) is 0 Å². The molecule has 0 saturated heterocycles. The van der Waals surface area contributed by atoms with Gasteiger partial charge in [0.25, 0.3) is 5.91 Å². The molecule has 0 spiro atoms. The van der Waals surface area contributed by atoms with E-state index in [9.17, 15) is 9.18 Å². The normalized spacial score (nSPS) is 16.1. The standard InChI is InChI=1S/C16H15FN6O/c17-12-9-19-6-1-11(12)16(4-5-16)15(24)23-13(18)2-8-21-14-3-7-20-10-22-14/h1-3,6-10H,4-5H2,(H2,18,23,24)(H,20,21,22)/b8-2-. The second-order valence-corrected chi connectivity index (χ2v) is 5.35. The lowest BCUT2D eigenvalue weighted by Crippen LogP contribution is -2.23. The predicted octanol–water partition coefficient (Wildman–Crippen LogP) is 1.55. The molecular formula is C16H15FN6O. The summed E-state index contributed by atoms with van der Waals surface area (Å²) in [4.78, 5) is 27.7. The largest absolute Gasteiger partial charge is 0.384 e. The summed E-state index contributed by atoms with van der Waals surface area (Å²) in [5, 5.41) is 2.87. The van der Waals surface area contributed by atoms with Crippen LogP contribution in [-0.4, -0.2) is 26.7 Å². The number of hydrogen-bond acceptors (Lipinski definition) is 5. The van der Waals surface area contributed by atoms with E-state index in [1.54, 1.807) is 12.3 Å². The van der Waals surface area contributed by atoms with Gasteiger partial charge in [-0.05, 0) is 31.1 Å². The molecule has 0 radical (unpaired) electrons. The van der Waals surface area contributed by atoms with Crippen LogP contribution in [0.5, 0.6) is 0 Å². The Balaban J connectivity index is 1.69. The highest BCUT2D eigenvalue weighted by Crippen LogP contribution is 2.49. The SMILES string of the molecule is NC(/C=C\Nc1ccncn1)=NC(=O)C1(c2ccncc2F)CC1. The molecule has 1 saturated carbocycles. The lowest BCUT2D eigenvalue weighted by molar-refractivity contribution is -0.120. The summed E-state index contributed by atoms with van der Waals surface area (Å²) >= 11 is 0. The smallest absolute Gasteiger partial charge is 0.258 e. The molecule has 122 valence electrons. The number of aliphatic imine (C=N–C) groups is 1. The molecule has 1 fully saturated rings. The highest BCUT2D eigenvalue weighted by atomic mass is 19.1. The number of aromatic nitrogens is 3. The minimum atomic E-state index is -0.911. The zero-order valence-corrected chi connectivity index (χ0v) is 12.7. The molecule has 7 nitrogen and oxygen atoms in total. The first kappa shape index (κ1) is 15.7. The number of nitrogens with one attached hydrogen (secondary N) is 1. The fraction of sp³-hybridized carbons (Fsp3) is 0.188. The molecule has 1 aliphatic carbocycles. The predicted molar refractivity (Wildman–Crippen MR) is 86.5 cm³/mol. The highest BCUT2D eigenvalue weighted by Gasteiger charge is 2.52. The van der Waals surface area contributed by atoms with Crippen LogP contribution >= 0.6 is 0 Å². The Morgan fingerprint density at radius 3 is 2.79 bits per heavy atom. The molecule has 0 bridgehead atoms. The number of anilines is 1. The van der Waals surface area contributed by atoms with Crippen LogP contribution in [0.1, 0.15) is 18.4 Å². The van der Waals surface area contributed by atoms with E-state index in [1.807, 2.05) is 0 Å². The number of halogens is 1. The fourth-order valence-corrected chi connectivity index (χ4v) is 2.34. The van der Waals surface area contributed by atoms with E-state index in [0.29, 0.717) is 24.2 Å². The first-order valence-corrected chi connectivity index (χ1v) is 7.29. The van der Waals surface area contributed by atoms with Gasteiger partial charge in [0.1, 0.15) is 23.8 Å². The third kappa shape index (κ3) is 3.27. The average molecular weight is 326 g/mol. The molecule has 2 aromatic rings. The van der Waals surface area contributed by atoms with Crippen LogP contribution in [0.3, 0.4) is 0 Å². The van der Waals surface area contributed by atoms with Crippen molar-refractivity contribution in [1.29, 1.82) is 0 Å². The molecule has 1 aliphatic rings. The van der Waals surface area contributed by atoms with Gasteiger partial charge in [-0.2, -0.15) is 4.99 Å². The minimum Gasteiger partial charge on any atom is -0.384 e. The summed E-state index contributed by atoms with van der Waals surface area (Å²) in [5.74, 6) is -0.338. The maximum absolute atomic E-state index is 13.9. The quantitative estimate of drug-likeness (QED) is 0.638. The van der Waals surface area contributed by atoms with Crippen molar-refractivity contribution in [2.24, 2.45) is 10.7 Å². The van der Waals surface area contributed by atoms with Crippen LogP contribution in [0.4, 0.5) is 10.2 Å². The number of nitrogens with zero attached hydrogens (tertiary/aromatic N) is 4. The Hall–Kier alpha value is -3.16. The molecule has 8 heteroatoms. The highest BCUT2D eigenvalue weighted by molar-refractivity contribution is 6.04. The van der Waals surface area contributed by atoms with Crippen LogP contribution in [0.15, 0.2) is 54.3 Å². The molecule has 0 unspecified atom stereocenters. The van der Waals surface area contributed by atoms with E-state index in [0.717, 1.165) is 6.20 Å². The van der Waals surface area contributed by atoms with Gasteiger partial charge >= 0.3 is 0 Å². The van der Waals surface area contributed by atoms with Crippen molar-refractivity contribution in [2.45, 2.75) is 18.3 Å². The van der Waals surface area contributed by atoms with Crippen LogP contribution in [0, 0.1) is 5.82 Å². The van der Waals surface area contributed by atoms with E-state index >= 15 is 0 Å². The number of hydrogen-bond donors (Lipinski definition) is 2. The summed E-state index contributed by atoms with van der Waals surface area (Å²) in [6, 6.07) is 3.19. The van der Waals surface area contributed by atoms with Gasteiger partial charge in [-0.15, -0.1) is 0 Å². The molecule has 1 amide bonds. The first-order chi connectivity index (χ1) is 11.6. The Bertz CT molecular complexity index is 801. The Morgan fingerprint density at radius 2 is 2.12 bits per heavy atom. The molecule has 0 aromatic carbocycles. The summed E-state index contributed by atoms with van der Waals surface area (Å²) in [6.07, 6.45) is 9.60. The fourth-order valence-electron chi connectivity index (χ4n) is 2.34. The average Bonchev–Trinajstić information content (AvgIpc) is 3.38. The maximum atomic E-state index is 13.9. The van der Waals surface area contributed by atoms with Gasteiger partial charge in [0.05, 0.1) is 11.6 Å². The maximum Gasteiger partial charge on any atom is 0.258 e. The number of amidine groups is 1. The van der Waals surface area contributed by atoms with Crippen molar-refractivity contribution in [3.05, 3.63) is 60.7 Å². The van der Waals surface area contributed by atoms with Crippen LogP contribution in [0.25, 0.3) is 0 Å². The zero-order valence-electron chi connectivity index (χ0n) is 12.7. The Morgan fingerprint density at radius 1 is 1.33 bits per heavy atom. The van der Waals surface area contributed by atoms with Crippen molar-refractivity contribution < 1.29 is 9.18 Å². The Kier molecular flexibility index (Phi) is 4.28. The molecule has 0 aliphatic heterocycles. The van der Waals surface area contributed by atoms with Crippen LogP contribution in [0.2, 0.25) is 0 Å². The van der Waals surface area contributed by atoms with E-state index in [2.05, 4.69) is 25.3 Å². The van der Waals surface area contributed by atoms with Crippen molar-refractivity contribution in [2.75, 3.05) is 5.32 Å². The number of amides is 1. The molecular weight excluding hydrogens is 311 g/mol. The number of pyridine rings is 1. The van der Waals surface area contributed by atoms with E-state index in [-0.39, 0.29) is 5.84 Å². The van der Waals surface area contributed by atoms with Gasteiger partial charge in [-0.25, -0.2) is 14.4 Å². The number of rotatable bonds is 5. The summed E-state index contributed by atoms with van der Waals surface area (Å²) in [5.41, 5.74) is 5.15. The van der Waals surface area contributed by atoms with Gasteiger partial charge in [-0.3, -0.25) is 9.78 Å². The monoisotopic (exact) mass is 326 g/mol. The molecule has 0 atom stereocenters. The van der Waals surface area contributed by atoms with Crippen LogP contribution in [-0.2, 0) is 10.2 Å². The molecule has 2 heterocycles. The number of carbonyl (C=O) groups excluding carboxylic acids is 1. The number of carbonyl (C=O) groups is 1. The zero-order chi connectivity index (χ0) is 17.0. The molecule has 3 rings (SSSR count). The summed E-state index contributed by atoms with van der Waals surface area (Å²) < 4.78 is 13.9. The van der Waals surface area contributed by atoms with Crippen molar-refractivity contribution in [3.63, 3.8) is 0 Å². The van der Waals surface area contributed by atoms with Gasteiger partial charge < -0.3 is 11.1 Å². The lowest BCUT2D eigenvalue weighted by atomic mass is 9.96. The van der Waals surface area contributed by atoms with Crippen LogP contribution < -0.4 is 11.1 Å². The van der Waals surface area contributed by atoms with Gasteiger partial charge in [-0.1, -0.05) is 0 Å². The third-order valence-electron chi connectivity index (χ3n) is 3.75. The number of nitrogens with two attached hydrogens (primary N) is 1. The molecule has 2 aromatic heterocycles. The van der Waals surface area contributed by atoms with E-state index < -0.39 is 17.1 Å². The van der Waals surface area contributed by atoms with Crippen molar-refractivity contribution in [3.8, 4) is 0 Å². The van der Waals surface area contributed by atoms with Gasteiger partial charge in [0.15, 0.2) is 0 Å². The van der Waals surface area contributed by atoms with E-state index in [4.69, 9.17) is 5.73 Å². The topological polar surface area (TPSA) is 106 Å². The van der Waals surface area contributed by atoms with Crippen molar-refractivity contribution >= 4 is 17.6 Å². The lowest BCUT2D eigenvalue weighted by Gasteiger charge is -2.11. The summed E-state index contributed by atoms with van der Waals surface area (Å²) in [6.45, 7) is 0. The second kappa shape index (κ2) is 6.53. The minimum absolute atomic E-state index is 0.0299. The van der Waals surface area contributed by atoms with Crippen molar-refractivity contribution in [1.82, 2.24) is 15.0 Å². The van der Waals surface area contributed by atoms with E-state index in [1.165, 1.54) is 30.9 Å². The van der Waals surface area contributed by atoms with Gasteiger partial charge in [0, 0.05) is 24.2 Å².